The Balaban J connectivity index is 0.000000157. The van der Waals surface area contributed by atoms with Crippen LogP contribution in [0.3, 0.4) is 0 Å². The molecule has 79 heavy (non-hydrogen) atoms. The van der Waals surface area contributed by atoms with Crippen LogP contribution in [0.1, 0.15) is 28.2 Å². The first-order chi connectivity index (χ1) is 38.4. The van der Waals surface area contributed by atoms with Gasteiger partial charge in [0.15, 0.2) is 9.84 Å². The zero-order valence-corrected chi connectivity index (χ0v) is 44.9. The summed E-state index contributed by atoms with van der Waals surface area (Å²) in [6, 6.07) is 25.3. The highest BCUT2D eigenvalue weighted by Crippen LogP contribution is 2.37. The predicted molar refractivity (Wildman–Crippen MR) is 298 cm³/mol. The fourth-order valence-electron chi connectivity index (χ4n) is 8.06. The van der Waals surface area contributed by atoms with E-state index in [0.717, 1.165) is 82.1 Å². The highest BCUT2D eigenvalue weighted by atomic mass is 32.2. The van der Waals surface area contributed by atoms with Gasteiger partial charge in [-0.1, -0.05) is 12.1 Å². The van der Waals surface area contributed by atoms with Crippen molar-refractivity contribution in [2.24, 2.45) is 0 Å². The number of hydrogen-bond donors (Lipinski definition) is 6. The smallest absolute Gasteiger partial charge is 0.411 e. The van der Waals surface area contributed by atoms with Crippen molar-refractivity contribution >= 4 is 74.0 Å². The molecule has 3 aliphatic heterocycles. The van der Waals surface area contributed by atoms with Gasteiger partial charge in [-0.3, -0.25) is 16.0 Å². The van der Waals surface area contributed by atoms with Crippen LogP contribution in [0.15, 0.2) is 116 Å². The van der Waals surface area contributed by atoms with Crippen LogP contribution in [0.4, 0.5) is 48.5 Å². The van der Waals surface area contributed by atoms with E-state index in [0.29, 0.717) is 75.2 Å². The number of aromatic nitrogens is 6. The average Bonchev–Trinajstić information content (AvgIpc) is 4.30. The fourth-order valence-corrected chi connectivity index (χ4v) is 8.70. The highest BCUT2D eigenvalue weighted by Gasteiger charge is 2.23. The van der Waals surface area contributed by atoms with E-state index >= 15 is 0 Å². The standard InChI is InChI=1S/C21H19N5O3.C16H20N4O5S.C16H20N4O3S/c22-10-15-1-3-16(4-2-15)13-29-21(27)25-17-5-6-20-19(9-17)26(7-8-28-20)12-18-11-23-14-24-18;1-26(22,23)7-6-25-16(21)19-12-2-3-15-14(8-12)20(4-5-24-15)10-13-9-17-11-18-13;1-24-7-6-23-16(21)19-12-2-3-15-14(8-12)20(4-5-22-15)10-13-9-17-11-18-13/h1-6,9,11,14H,7-8,12-13H2,(H,23,24)(H,25,27);2-3,8-9,11H,4-7,10H2,1H3,(H,17,18)(H,19,21);2-3,8-9,11H,4-7,10H2,1H3,(H,17,18)(H,19,21). The number of ether oxygens (including phenoxy) is 6. The van der Waals surface area contributed by atoms with Crippen LogP contribution in [0, 0.1) is 11.3 Å². The summed E-state index contributed by atoms with van der Waals surface area (Å²) in [5.41, 5.74) is 8.89. The summed E-state index contributed by atoms with van der Waals surface area (Å²) in [5.74, 6) is 2.88. The summed E-state index contributed by atoms with van der Waals surface area (Å²) in [7, 11) is -3.17. The van der Waals surface area contributed by atoms with Crippen molar-refractivity contribution in [2.75, 3.05) is 107 Å². The quantitative estimate of drug-likeness (QED) is 0.0379. The van der Waals surface area contributed by atoms with Gasteiger partial charge in [0.05, 0.1) is 110 Å². The number of carbonyl (C=O) groups is 3. The molecule has 0 unspecified atom stereocenters. The van der Waals surface area contributed by atoms with Gasteiger partial charge in [-0.25, -0.2) is 37.8 Å². The SMILES string of the molecule is CS(=O)(=O)CCOC(=O)Nc1ccc2c(c1)N(Cc1cnc[nH]1)CCO2.CSCCOC(=O)Nc1ccc2c(c1)N(Cc1cnc[nH]1)CCO2.N#Cc1ccc(COC(=O)Nc2ccc3c(c2)N(Cc2cnc[nH]2)CCO3)cc1. The van der Waals surface area contributed by atoms with Gasteiger partial charge in [0.25, 0.3) is 0 Å². The molecule has 26 heteroatoms. The Hall–Kier alpha value is -9.09. The molecule has 0 bridgehead atoms. The normalized spacial score (nSPS) is 13.1. The number of carbonyl (C=O) groups excluding carboxylic acids is 3. The number of anilines is 6. The van der Waals surface area contributed by atoms with Crippen molar-refractivity contribution in [3.05, 3.63) is 145 Å². The van der Waals surface area contributed by atoms with Crippen molar-refractivity contribution in [3.63, 3.8) is 0 Å². The van der Waals surface area contributed by atoms with Gasteiger partial charge in [0.1, 0.15) is 56.9 Å². The van der Waals surface area contributed by atoms with Crippen LogP contribution < -0.4 is 44.9 Å². The lowest BCUT2D eigenvalue weighted by Gasteiger charge is -2.31. The minimum absolute atomic E-state index is 0.123. The summed E-state index contributed by atoms with van der Waals surface area (Å²) in [4.78, 5) is 63.6. The second-order valence-corrected chi connectivity index (χ2v) is 21.0. The number of H-pyrrole nitrogens is 3. The molecule has 6 heterocycles. The van der Waals surface area contributed by atoms with Gasteiger partial charge < -0.3 is 58.1 Å². The largest absolute Gasteiger partial charge is 0.490 e. The third-order valence-electron chi connectivity index (χ3n) is 11.9. The summed E-state index contributed by atoms with van der Waals surface area (Å²) >= 11 is 1.63. The van der Waals surface area contributed by atoms with E-state index in [1.165, 1.54) is 0 Å². The molecule has 6 N–H and O–H groups in total. The maximum Gasteiger partial charge on any atom is 0.411 e. The van der Waals surface area contributed by atoms with Crippen LogP contribution in [-0.4, -0.2) is 133 Å². The molecule has 0 saturated carbocycles. The first-order valence-corrected chi connectivity index (χ1v) is 28.3. The van der Waals surface area contributed by atoms with Crippen molar-refractivity contribution in [1.82, 2.24) is 29.9 Å². The summed E-state index contributed by atoms with van der Waals surface area (Å²) in [6.07, 6.45) is 11.7. The Labute approximate surface area is 460 Å². The first kappa shape index (κ1) is 56.1. The molecule has 0 atom stereocenters. The number of nitrogens with zero attached hydrogens (tertiary/aromatic N) is 7. The molecule has 24 nitrogen and oxygen atoms in total. The molecular formula is C53H59N13O11S2. The molecule has 3 aliphatic rings. The number of fused-ring (bicyclic) bond motifs is 3. The molecule has 0 spiro atoms. The number of nitriles is 1. The van der Waals surface area contributed by atoms with E-state index in [2.05, 4.69) is 66.6 Å². The van der Waals surface area contributed by atoms with Crippen LogP contribution in [0.2, 0.25) is 0 Å². The molecule has 3 aromatic heterocycles. The third kappa shape index (κ3) is 17.2. The zero-order valence-electron chi connectivity index (χ0n) is 43.3. The molecule has 7 aromatic rings. The molecule has 0 saturated heterocycles. The lowest BCUT2D eigenvalue weighted by molar-refractivity contribution is 0.155. The number of amides is 3. The van der Waals surface area contributed by atoms with Crippen molar-refractivity contribution in [2.45, 2.75) is 26.2 Å². The summed E-state index contributed by atoms with van der Waals surface area (Å²) < 4.78 is 54.5. The number of aromatic amines is 3. The third-order valence-corrected chi connectivity index (χ3v) is 13.4. The van der Waals surface area contributed by atoms with E-state index in [4.69, 9.17) is 33.7 Å². The summed E-state index contributed by atoms with van der Waals surface area (Å²) in [5, 5.41) is 16.9. The number of rotatable bonds is 17. The lowest BCUT2D eigenvalue weighted by atomic mass is 10.2. The van der Waals surface area contributed by atoms with Crippen LogP contribution >= 0.6 is 11.8 Å². The number of sulfone groups is 1. The van der Waals surface area contributed by atoms with E-state index < -0.39 is 28.1 Å². The van der Waals surface area contributed by atoms with E-state index in [1.54, 1.807) is 97.9 Å². The van der Waals surface area contributed by atoms with Gasteiger partial charge >= 0.3 is 18.3 Å². The number of thioether (sulfide) groups is 1. The van der Waals surface area contributed by atoms with Crippen molar-refractivity contribution < 1.29 is 51.2 Å². The zero-order chi connectivity index (χ0) is 55.4. The molecular weight excluding hydrogens is 1060 g/mol. The minimum atomic E-state index is -3.17. The van der Waals surface area contributed by atoms with Crippen molar-refractivity contribution in [1.29, 1.82) is 5.26 Å². The van der Waals surface area contributed by atoms with Gasteiger partial charge in [0, 0.05) is 47.7 Å². The first-order valence-electron chi connectivity index (χ1n) is 24.8. The molecule has 0 fully saturated rings. The predicted octanol–water partition coefficient (Wildman–Crippen LogP) is 7.55. The van der Waals surface area contributed by atoms with Crippen LogP contribution in [-0.2, 0) is 50.3 Å². The minimum Gasteiger partial charge on any atom is -0.490 e. The Kier molecular flexibility index (Phi) is 19.8. The maximum atomic E-state index is 12.2. The van der Waals surface area contributed by atoms with Crippen LogP contribution in [0.25, 0.3) is 0 Å². The number of nitrogens with one attached hydrogen (secondary N) is 6. The van der Waals surface area contributed by atoms with Gasteiger partial charge in [-0.05, 0) is 78.5 Å². The Morgan fingerprint density at radius 3 is 1.39 bits per heavy atom. The number of hydrogen-bond acceptors (Lipinski definition) is 19. The topological polar surface area (TPSA) is 296 Å². The summed E-state index contributed by atoms with van der Waals surface area (Å²) in [6.45, 7) is 6.35. The van der Waals surface area contributed by atoms with Crippen molar-refractivity contribution in [3.8, 4) is 23.3 Å². The van der Waals surface area contributed by atoms with Crippen LogP contribution in [0.5, 0.6) is 17.2 Å². The number of benzene rings is 4. The second-order valence-electron chi connectivity index (χ2n) is 17.7. The molecule has 414 valence electrons. The highest BCUT2D eigenvalue weighted by molar-refractivity contribution is 7.98. The second kappa shape index (κ2) is 27.8. The number of imidazole rings is 3. The monoisotopic (exact) mass is 1120 g/mol. The molecule has 0 radical (unpaired) electrons. The van der Waals surface area contributed by atoms with Gasteiger partial charge in [0.2, 0.25) is 0 Å². The Morgan fingerprint density at radius 1 is 0.620 bits per heavy atom. The maximum absolute atomic E-state index is 12.2. The van der Waals surface area contributed by atoms with Gasteiger partial charge in [-0.15, -0.1) is 0 Å². The molecule has 4 aromatic carbocycles. The lowest BCUT2D eigenvalue weighted by Crippen LogP contribution is -2.32. The van der Waals surface area contributed by atoms with E-state index in [-0.39, 0.29) is 19.0 Å². The Bertz CT molecular complexity index is 3250. The molecule has 3 amide bonds. The molecule has 10 rings (SSSR count). The average molecular weight is 1120 g/mol. The van der Waals surface area contributed by atoms with Gasteiger partial charge in [-0.2, -0.15) is 17.0 Å². The van der Waals surface area contributed by atoms with E-state index in [9.17, 15) is 22.8 Å². The van der Waals surface area contributed by atoms with E-state index in [1.807, 2.05) is 36.6 Å². The Morgan fingerprint density at radius 2 is 1.03 bits per heavy atom. The molecule has 0 aliphatic carbocycles. The fraction of sp³-hybridized carbons (Fsp3) is 0.302.